The average Bonchev–Trinajstić information content (AvgIpc) is 2.50. The lowest BCUT2D eigenvalue weighted by Gasteiger charge is -2.12. The Morgan fingerprint density at radius 1 is 1.33 bits per heavy atom. The van der Waals surface area contributed by atoms with Gasteiger partial charge in [0.1, 0.15) is 5.75 Å². The van der Waals surface area contributed by atoms with Crippen molar-refractivity contribution in [3.63, 3.8) is 0 Å². The normalized spacial score (nSPS) is 10.6. The number of methoxy groups -OCH3 is 1. The summed E-state index contributed by atoms with van der Waals surface area (Å²) in [6, 6.07) is 9.17. The molecule has 2 rings (SSSR count). The van der Waals surface area contributed by atoms with Crippen LogP contribution in [-0.4, -0.2) is 23.4 Å². The molecule has 0 aliphatic heterocycles. The van der Waals surface area contributed by atoms with Crippen LogP contribution in [0, 0.1) is 0 Å². The van der Waals surface area contributed by atoms with Crippen LogP contribution in [0.4, 0.5) is 0 Å². The van der Waals surface area contributed by atoms with Crippen LogP contribution < -0.4 is 15.6 Å². The molecule has 0 aliphatic rings. The number of rotatable bonds is 7. The molecule has 21 heavy (non-hydrogen) atoms. The zero-order valence-corrected chi connectivity index (χ0v) is 12.5. The lowest BCUT2D eigenvalue weighted by Crippen LogP contribution is -2.22. The lowest BCUT2D eigenvalue weighted by atomic mass is 10.1. The van der Waals surface area contributed by atoms with Crippen LogP contribution in [0.3, 0.4) is 0 Å². The molecule has 0 unspecified atom stereocenters. The molecule has 0 bridgehead atoms. The van der Waals surface area contributed by atoms with Crippen LogP contribution in [0.2, 0.25) is 0 Å². The van der Waals surface area contributed by atoms with Crippen molar-refractivity contribution in [1.82, 2.24) is 15.1 Å². The van der Waals surface area contributed by atoms with E-state index in [1.807, 2.05) is 12.1 Å². The van der Waals surface area contributed by atoms with E-state index in [0.29, 0.717) is 6.54 Å². The molecule has 1 aromatic carbocycles. The van der Waals surface area contributed by atoms with E-state index in [2.05, 4.69) is 23.4 Å². The Kier molecular flexibility index (Phi) is 5.51. The maximum atomic E-state index is 11.8. The second kappa shape index (κ2) is 7.59. The first-order valence-electron chi connectivity index (χ1n) is 7.13. The smallest absolute Gasteiger partial charge is 0.267 e. The van der Waals surface area contributed by atoms with E-state index in [0.717, 1.165) is 30.8 Å². The van der Waals surface area contributed by atoms with Crippen LogP contribution in [0.1, 0.15) is 24.5 Å². The van der Waals surface area contributed by atoms with Gasteiger partial charge in [0.05, 0.1) is 13.7 Å². The maximum absolute atomic E-state index is 11.8. The van der Waals surface area contributed by atoms with Gasteiger partial charge in [0.2, 0.25) is 0 Å². The molecule has 112 valence electrons. The first-order chi connectivity index (χ1) is 10.2. The van der Waals surface area contributed by atoms with E-state index in [9.17, 15) is 4.79 Å². The average molecular weight is 287 g/mol. The second-order valence-electron chi connectivity index (χ2n) is 4.84. The van der Waals surface area contributed by atoms with Crippen molar-refractivity contribution in [2.75, 3.05) is 13.7 Å². The van der Waals surface area contributed by atoms with Gasteiger partial charge in [-0.3, -0.25) is 4.79 Å². The third-order valence-electron chi connectivity index (χ3n) is 3.21. The molecule has 1 aromatic heterocycles. The van der Waals surface area contributed by atoms with Crippen LogP contribution in [-0.2, 0) is 13.1 Å². The van der Waals surface area contributed by atoms with Crippen molar-refractivity contribution in [3.05, 3.63) is 58.0 Å². The minimum absolute atomic E-state index is 0.117. The van der Waals surface area contributed by atoms with E-state index >= 15 is 0 Å². The summed E-state index contributed by atoms with van der Waals surface area (Å²) in [7, 11) is 1.63. The van der Waals surface area contributed by atoms with Crippen molar-refractivity contribution < 1.29 is 4.74 Å². The summed E-state index contributed by atoms with van der Waals surface area (Å²) >= 11 is 0. The Labute approximate surface area is 124 Å². The van der Waals surface area contributed by atoms with E-state index in [1.54, 1.807) is 19.4 Å². The summed E-state index contributed by atoms with van der Waals surface area (Å²) < 4.78 is 6.81. The van der Waals surface area contributed by atoms with Crippen molar-refractivity contribution in [2.24, 2.45) is 0 Å². The summed E-state index contributed by atoms with van der Waals surface area (Å²) in [6.07, 6.45) is 2.72. The molecule has 0 saturated carbocycles. The molecule has 2 aromatic rings. The van der Waals surface area contributed by atoms with E-state index < -0.39 is 0 Å². The summed E-state index contributed by atoms with van der Waals surface area (Å²) in [5.74, 6) is 0.770. The third kappa shape index (κ3) is 4.16. The molecule has 1 heterocycles. The first-order valence-corrected chi connectivity index (χ1v) is 7.13. The SMILES string of the molecule is CCCNCc1ccc(OC)c(Cn2ncccc2=O)c1. The highest BCUT2D eigenvalue weighted by Gasteiger charge is 2.07. The highest BCUT2D eigenvalue weighted by atomic mass is 16.5. The van der Waals surface area contributed by atoms with Crippen molar-refractivity contribution >= 4 is 0 Å². The molecule has 0 atom stereocenters. The first kappa shape index (κ1) is 15.3. The summed E-state index contributed by atoms with van der Waals surface area (Å²) in [5, 5.41) is 7.45. The molecule has 0 amide bonds. The largest absolute Gasteiger partial charge is 0.496 e. The number of nitrogens with one attached hydrogen (secondary N) is 1. The fourth-order valence-corrected chi connectivity index (χ4v) is 2.14. The lowest BCUT2D eigenvalue weighted by molar-refractivity contribution is 0.406. The van der Waals surface area contributed by atoms with E-state index in [-0.39, 0.29) is 5.56 Å². The molecule has 0 aliphatic carbocycles. The van der Waals surface area contributed by atoms with Crippen LogP contribution >= 0.6 is 0 Å². The molecular formula is C16H21N3O2. The van der Waals surface area contributed by atoms with Gasteiger partial charge in [0.25, 0.3) is 5.56 Å². The zero-order valence-electron chi connectivity index (χ0n) is 12.5. The fraction of sp³-hybridized carbons (Fsp3) is 0.375. The van der Waals surface area contributed by atoms with Crippen molar-refractivity contribution in [1.29, 1.82) is 0 Å². The number of ether oxygens (including phenoxy) is 1. The van der Waals surface area contributed by atoms with Gasteiger partial charge < -0.3 is 10.1 Å². The van der Waals surface area contributed by atoms with Crippen molar-refractivity contribution in [2.45, 2.75) is 26.4 Å². The Morgan fingerprint density at radius 2 is 2.19 bits per heavy atom. The van der Waals surface area contributed by atoms with E-state index in [4.69, 9.17) is 4.74 Å². The van der Waals surface area contributed by atoms with Gasteiger partial charge in [0, 0.05) is 24.4 Å². The van der Waals surface area contributed by atoms with Crippen LogP contribution in [0.15, 0.2) is 41.3 Å². The quantitative estimate of drug-likeness (QED) is 0.789. The van der Waals surface area contributed by atoms with Crippen LogP contribution in [0.25, 0.3) is 0 Å². The number of nitrogens with zero attached hydrogens (tertiary/aromatic N) is 2. The van der Waals surface area contributed by atoms with Gasteiger partial charge in [-0.2, -0.15) is 5.10 Å². The molecule has 1 N–H and O–H groups in total. The molecule has 0 spiro atoms. The summed E-state index contributed by atoms with van der Waals surface area (Å²) in [4.78, 5) is 11.8. The predicted octanol–water partition coefficient (Wildman–Crippen LogP) is 1.80. The molecule has 5 nitrogen and oxygen atoms in total. The second-order valence-corrected chi connectivity index (χ2v) is 4.84. The van der Waals surface area contributed by atoms with E-state index in [1.165, 1.54) is 16.3 Å². The molecular weight excluding hydrogens is 266 g/mol. The topological polar surface area (TPSA) is 56.1 Å². The zero-order chi connectivity index (χ0) is 15.1. The minimum Gasteiger partial charge on any atom is -0.496 e. The Hall–Kier alpha value is -2.14. The highest BCUT2D eigenvalue weighted by Crippen LogP contribution is 2.20. The summed E-state index contributed by atoms with van der Waals surface area (Å²) in [6.45, 7) is 4.34. The maximum Gasteiger partial charge on any atom is 0.267 e. The van der Waals surface area contributed by atoms with Gasteiger partial charge in [-0.05, 0) is 36.7 Å². The Balaban J connectivity index is 2.21. The number of hydrogen-bond acceptors (Lipinski definition) is 4. The van der Waals surface area contributed by atoms with Crippen molar-refractivity contribution in [3.8, 4) is 5.75 Å². The van der Waals surface area contributed by atoms with Gasteiger partial charge >= 0.3 is 0 Å². The van der Waals surface area contributed by atoms with Gasteiger partial charge in [-0.1, -0.05) is 13.0 Å². The number of benzene rings is 1. The molecule has 0 radical (unpaired) electrons. The molecule has 0 saturated heterocycles. The standard InChI is InChI=1S/C16H21N3O2/c1-3-8-17-11-13-6-7-15(21-2)14(10-13)12-19-16(20)5-4-9-18-19/h4-7,9-10,17H,3,8,11-12H2,1-2H3. The minimum atomic E-state index is -0.117. The number of aromatic nitrogens is 2. The predicted molar refractivity (Wildman–Crippen MR) is 82.6 cm³/mol. The van der Waals surface area contributed by atoms with Gasteiger partial charge in [-0.25, -0.2) is 4.68 Å². The molecule has 0 fully saturated rings. The molecule has 5 heteroatoms. The summed E-state index contributed by atoms with van der Waals surface area (Å²) in [5.41, 5.74) is 2.01. The Morgan fingerprint density at radius 3 is 2.90 bits per heavy atom. The fourth-order valence-electron chi connectivity index (χ4n) is 2.14. The monoisotopic (exact) mass is 287 g/mol. The number of hydrogen-bond donors (Lipinski definition) is 1. The van der Waals surface area contributed by atoms with Gasteiger partial charge in [-0.15, -0.1) is 0 Å². The highest BCUT2D eigenvalue weighted by molar-refractivity contribution is 5.37. The van der Waals surface area contributed by atoms with Crippen LogP contribution in [0.5, 0.6) is 5.75 Å². The third-order valence-corrected chi connectivity index (χ3v) is 3.21. The Bertz CT molecular complexity index is 637. The van der Waals surface area contributed by atoms with Gasteiger partial charge in [0.15, 0.2) is 0 Å².